The highest BCUT2D eigenvalue weighted by Gasteiger charge is 2.40. The zero-order chi connectivity index (χ0) is 24.7. The predicted octanol–water partition coefficient (Wildman–Crippen LogP) is 6.89. The van der Waals surface area contributed by atoms with Gasteiger partial charge in [-0.3, -0.25) is 4.79 Å². The second kappa shape index (κ2) is 9.10. The number of nitrogens with zero attached hydrogens (tertiary/aromatic N) is 2. The summed E-state index contributed by atoms with van der Waals surface area (Å²) in [6, 6.07) is 16.3. The van der Waals surface area contributed by atoms with Crippen LogP contribution in [0.25, 0.3) is 0 Å². The van der Waals surface area contributed by atoms with Gasteiger partial charge >= 0.3 is 0 Å². The summed E-state index contributed by atoms with van der Waals surface area (Å²) < 4.78 is 1.97. The predicted molar refractivity (Wildman–Crippen MR) is 140 cm³/mol. The lowest BCUT2D eigenvalue weighted by Gasteiger charge is -2.39. The molecule has 1 atom stereocenters. The smallest absolute Gasteiger partial charge is 0.257 e. The van der Waals surface area contributed by atoms with Gasteiger partial charge in [0.2, 0.25) is 0 Å². The average Bonchev–Trinajstić information content (AvgIpc) is 3.15. The minimum atomic E-state index is -0.446. The Hall–Kier alpha value is -2.79. The average molecular weight is 479 g/mol. The lowest BCUT2D eigenvalue weighted by Crippen LogP contribution is -2.45. The maximum Gasteiger partial charge on any atom is 0.257 e. The van der Waals surface area contributed by atoms with Crippen LogP contribution in [-0.4, -0.2) is 15.7 Å². The first-order valence-corrected chi connectivity index (χ1v) is 12.5. The van der Waals surface area contributed by atoms with E-state index >= 15 is 0 Å². The van der Waals surface area contributed by atoms with Crippen LogP contribution in [0.2, 0.25) is 5.02 Å². The normalized spacial score (nSPS) is 17.1. The summed E-state index contributed by atoms with van der Waals surface area (Å²) in [5, 5.41) is 12.5. The molecular weight excluding hydrogens is 444 g/mol. The van der Waals surface area contributed by atoms with Crippen LogP contribution in [0.4, 0.5) is 5.82 Å². The molecule has 180 valence electrons. The van der Waals surface area contributed by atoms with Crippen molar-refractivity contribution in [2.45, 2.75) is 77.9 Å². The van der Waals surface area contributed by atoms with E-state index in [-0.39, 0.29) is 17.5 Å². The molecule has 0 saturated carbocycles. The van der Waals surface area contributed by atoms with Crippen molar-refractivity contribution in [3.63, 3.8) is 0 Å². The van der Waals surface area contributed by atoms with E-state index in [1.54, 1.807) is 0 Å². The number of nitrogens with one attached hydrogen (secondary N) is 2. The zero-order valence-corrected chi connectivity index (χ0v) is 21.8. The largest absolute Gasteiger partial charge is 0.363 e. The van der Waals surface area contributed by atoms with E-state index in [0.29, 0.717) is 5.56 Å². The van der Waals surface area contributed by atoms with Crippen molar-refractivity contribution in [3.8, 4) is 0 Å². The van der Waals surface area contributed by atoms with Gasteiger partial charge in [0.15, 0.2) is 0 Å². The fraction of sp³-hybridized carbons (Fsp3) is 0.429. The Labute approximate surface area is 207 Å². The number of hydrogen-bond donors (Lipinski definition) is 2. The first-order chi connectivity index (χ1) is 16.1. The van der Waals surface area contributed by atoms with Crippen LogP contribution in [0.3, 0.4) is 0 Å². The fourth-order valence-electron chi connectivity index (χ4n) is 5.18. The van der Waals surface area contributed by atoms with Gasteiger partial charge in [-0.05, 0) is 64.2 Å². The number of halogens is 1. The van der Waals surface area contributed by atoms with E-state index in [1.165, 1.54) is 5.56 Å². The first-order valence-electron chi connectivity index (χ1n) is 12.1. The highest BCUT2D eigenvalue weighted by molar-refractivity contribution is 6.31. The molecule has 0 saturated heterocycles. The van der Waals surface area contributed by atoms with Gasteiger partial charge in [0, 0.05) is 5.02 Å². The van der Waals surface area contributed by atoms with Crippen molar-refractivity contribution in [1.82, 2.24) is 15.1 Å². The molecule has 0 radical (unpaired) electrons. The number of amides is 1. The minimum Gasteiger partial charge on any atom is -0.363 e. The molecule has 0 aliphatic carbocycles. The standard InChI is InChI=1S/C28H35ClN4O/c1-7-28(8-2,20-15-13-18(3)14-16-20)31-26(34)24-19(4)32-33-25(24)30-23(17-27(33,5)6)21-11-9-10-12-22(21)29/h9-16,23,30H,7-8,17H2,1-6H3,(H,31,34). The Balaban J connectivity index is 1.74. The number of anilines is 1. The van der Waals surface area contributed by atoms with Crippen LogP contribution in [-0.2, 0) is 11.1 Å². The zero-order valence-electron chi connectivity index (χ0n) is 21.0. The third-order valence-corrected chi connectivity index (χ3v) is 7.66. The lowest BCUT2D eigenvalue weighted by atomic mass is 9.84. The Bertz CT molecular complexity index is 1190. The first kappa shape index (κ1) is 24.3. The van der Waals surface area contributed by atoms with Crippen molar-refractivity contribution in [1.29, 1.82) is 0 Å². The molecule has 1 unspecified atom stereocenters. The maximum atomic E-state index is 13.9. The van der Waals surface area contributed by atoms with Gasteiger partial charge in [-0.25, -0.2) is 4.68 Å². The van der Waals surface area contributed by atoms with E-state index < -0.39 is 5.54 Å². The van der Waals surface area contributed by atoms with Crippen LogP contribution in [0.15, 0.2) is 48.5 Å². The van der Waals surface area contributed by atoms with Crippen molar-refractivity contribution in [3.05, 3.63) is 81.5 Å². The Kier molecular flexibility index (Phi) is 6.52. The molecule has 2 heterocycles. The van der Waals surface area contributed by atoms with Gasteiger partial charge in [0.05, 0.1) is 22.8 Å². The highest BCUT2D eigenvalue weighted by atomic mass is 35.5. The van der Waals surface area contributed by atoms with E-state index in [2.05, 4.69) is 69.5 Å². The molecule has 6 heteroatoms. The third-order valence-electron chi connectivity index (χ3n) is 7.32. The van der Waals surface area contributed by atoms with Gasteiger partial charge in [-0.15, -0.1) is 0 Å². The molecule has 5 nitrogen and oxygen atoms in total. The van der Waals surface area contributed by atoms with Crippen LogP contribution in [0.5, 0.6) is 0 Å². The van der Waals surface area contributed by atoms with E-state index in [1.807, 2.05) is 35.9 Å². The number of benzene rings is 2. The van der Waals surface area contributed by atoms with Gasteiger partial charge in [-0.1, -0.05) is 73.5 Å². The molecule has 0 spiro atoms. The second-order valence-electron chi connectivity index (χ2n) is 10.1. The number of fused-ring (bicyclic) bond motifs is 1. The summed E-state index contributed by atoms with van der Waals surface area (Å²) in [5.74, 6) is 0.646. The van der Waals surface area contributed by atoms with Crippen molar-refractivity contribution in [2.24, 2.45) is 0 Å². The molecule has 0 fully saturated rings. The van der Waals surface area contributed by atoms with E-state index in [4.69, 9.17) is 16.7 Å². The molecule has 2 aromatic carbocycles. The van der Waals surface area contributed by atoms with Crippen LogP contribution in [0, 0.1) is 13.8 Å². The molecule has 4 rings (SSSR count). The summed E-state index contributed by atoms with van der Waals surface area (Å²) in [5.41, 5.74) is 3.95. The van der Waals surface area contributed by atoms with Gasteiger partial charge in [-0.2, -0.15) is 5.10 Å². The number of hydrogen-bond acceptors (Lipinski definition) is 3. The summed E-state index contributed by atoms with van der Waals surface area (Å²) >= 11 is 6.55. The number of aryl methyl sites for hydroxylation is 2. The summed E-state index contributed by atoms with van der Waals surface area (Å²) in [6.07, 6.45) is 2.40. The monoisotopic (exact) mass is 478 g/mol. The van der Waals surface area contributed by atoms with Gasteiger partial charge in [0.1, 0.15) is 11.4 Å². The van der Waals surface area contributed by atoms with E-state index in [0.717, 1.165) is 46.9 Å². The Morgan fingerprint density at radius 3 is 2.41 bits per heavy atom. The number of rotatable bonds is 6. The Morgan fingerprint density at radius 2 is 1.79 bits per heavy atom. The molecule has 1 aliphatic heterocycles. The summed E-state index contributed by atoms with van der Waals surface area (Å²) in [4.78, 5) is 13.9. The van der Waals surface area contributed by atoms with Crippen LogP contribution in [0.1, 0.15) is 85.7 Å². The molecule has 1 amide bonds. The fourth-order valence-corrected chi connectivity index (χ4v) is 5.44. The summed E-state index contributed by atoms with van der Waals surface area (Å²) in [6.45, 7) is 12.5. The van der Waals surface area contributed by atoms with Gasteiger partial charge in [0.25, 0.3) is 5.91 Å². The topological polar surface area (TPSA) is 59.0 Å². The van der Waals surface area contributed by atoms with Crippen molar-refractivity contribution >= 4 is 23.3 Å². The SMILES string of the molecule is CCC(CC)(NC(=O)c1c(C)nn2c1NC(c1ccccc1Cl)CC2(C)C)c1ccc(C)cc1. The third kappa shape index (κ3) is 4.22. The Morgan fingerprint density at radius 1 is 1.15 bits per heavy atom. The minimum absolute atomic E-state index is 0.0157. The molecule has 34 heavy (non-hydrogen) atoms. The molecule has 3 aromatic rings. The van der Waals surface area contributed by atoms with Crippen molar-refractivity contribution in [2.75, 3.05) is 5.32 Å². The number of carbonyl (C=O) groups is 1. The molecule has 1 aromatic heterocycles. The molecule has 2 N–H and O–H groups in total. The van der Waals surface area contributed by atoms with E-state index in [9.17, 15) is 4.79 Å². The number of aromatic nitrogens is 2. The van der Waals surface area contributed by atoms with Crippen LogP contribution >= 0.6 is 11.6 Å². The van der Waals surface area contributed by atoms with Gasteiger partial charge < -0.3 is 10.6 Å². The number of carbonyl (C=O) groups excluding carboxylic acids is 1. The maximum absolute atomic E-state index is 13.9. The lowest BCUT2D eigenvalue weighted by molar-refractivity contribution is 0.0889. The summed E-state index contributed by atoms with van der Waals surface area (Å²) in [7, 11) is 0. The quantitative estimate of drug-likeness (QED) is 0.405. The van der Waals surface area contributed by atoms with Crippen molar-refractivity contribution < 1.29 is 4.79 Å². The molecule has 1 aliphatic rings. The molecule has 0 bridgehead atoms. The highest BCUT2D eigenvalue weighted by Crippen LogP contribution is 2.42. The van der Waals surface area contributed by atoms with Crippen LogP contribution < -0.4 is 10.6 Å². The second-order valence-corrected chi connectivity index (χ2v) is 10.5. The molecular formula is C28H35ClN4O.